The largest absolute Gasteiger partial charge is 0.497 e. The molecule has 2 amide bonds. The van der Waals surface area contributed by atoms with Gasteiger partial charge in [0.1, 0.15) is 17.6 Å². The van der Waals surface area contributed by atoms with E-state index in [1.165, 1.54) is 6.92 Å². The second kappa shape index (κ2) is 8.06. The molecule has 8 nitrogen and oxygen atoms in total. The third-order valence-corrected chi connectivity index (χ3v) is 5.26. The first-order valence-corrected chi connectivity index (χ1v) is 9.82. The number of anilines is 2. The summed E-state index contributed by atoms with van der Waals surface area (Å²) in [4.78, 5) is 36.5. The van der Waals surface area contributed by atoms with E-state index in [2.05, 4.69) is 15.7 Å². The number of benzene rings is 2. The van der Waals surface area contributed by atoms with E-state index in [-0.39, 0.29) is 24.0 Å². The topological polar surface area (TPSA) is 102 Å². The maximum Gasteiger partial charge on any atom is 0.251 e. The van der Waals surface area contributed by atoms with Crippen LogP contribution in [0.15, 0.2) is 48.5 Å². The van der Waals surface area contributed by atoms with Gasteiger partial charge in [-0.15, -0.1) is 0 Å². The highest BCUT2D eigenvalue weighted by molar-refractivity contribution is 6.04. The van der Waals surface area contributed by atoms with Crippen LogP contribution in [0.2, 0.25) is 0 Å². The zero-order valence-corrected chi connectivity index (χ0v) is 17.4. The Balaban J connectivity index is 1.53. The number of rotatable bonds is 6. The van der Waals surface area contributed by atoms with E-state index >= 15 is 0 Å². The molecule has 8 heteroatoms. The first-order valence-electron chi connectivity index (χ1n) is 9.82. The van der Waals surface area contributed by atoms with E-state index in [4.69, 9.17) is 4.74 Å². The molecule has 0 fully saturated rings. The fourth-order valence-corrected chi connectivity index (χ4v) is 3.66. The molecule has 4 rings (SSSR count). The molecule has 1 atom stereocenters. The van der Waals surface area contributed by atoms with E-state index in [1.54, 1.807) is 36.1 Å². The van der Waals surface area contributed by atoms with E-state index in [9.17, 15) is 14.4 Å². The highest BCUT2D eigenvalue weighted by Gasteiger charge is 2.36. The Bertz CT molecular complexity index is 1160. The van der Waals surface area contributed by atoms with Gasteiger partial charge in [-0.05, 0) is 55.8 Å². The van der Waals surface area contributed by atoms with Crippen molar-refractivity contribution in [3.05, 3.63) is 59.8 Å². The van der Waals surface area contributed by atoms with E-state index in [0.717, 1.165) is 22.6 Å². The van der Waals surface area contributed by atoms with Gasteiger partial charge in [-0.3, -0.25) is 14.4 Å². The van der Waals surface area contributed by atoms with Gasteiger partial charge in [-0.2, -0.15) is 5.10 Å². The van der Waals surface area contributed by atoms with Crippen molar-refractivity contribution in [1.29, 1.82) is 0 Å². The summed E-state index contributed by atoms with van der Waals surface area (Å²) in [5, 5.41) is 10.2. The molecular weight excluding hydrogens is 396 g/mol. The number of aromatic nitrogens is 2. The van der Waals surface area contributed by atoms with Crippen LogP contribution in [0.5, 0.6) is 5.75 Å². The van der Waals surface area contributed by atoms with Gasteiger partial charge < -0.3 is 15.4 Å². The molecule has 0 saturated carbocycles. The fraction of sp³-hybridized carbons (Fsp3) is 0.217. The average molecular weight is 418 g/mol. The number of nitrogens with zero attached hydrogens (tertiary/aromatic N) is 2. The van der Waals surface area contributed by atoms with Crippen LogP contribution >= 0.6 is 0 Å². The summed E-state index contributed by atoms with van der Waals surface area (Å²) >= 11 is 0. The van der Waals surface area contributed by atoms with Gasteiger partial charge in [-0.1, -0.05) is 12.1 Å². The lowest BCUT2D eigenvalue weighted by Crippen LogP contribution is -2.23. The Morgan fingerprint density at radius 3 is 2.42 bits per heavy atom. The lowest BCUT2D eigenvalue weighted by molar-refractivity contribution is -0.123. The monoisotopic (exact) mass is 418 g/mol. The zero-order valence-electron chi connectivity index (χ0n) is 17.4. The minimum absolute atomic E-state index is 0.0465. The van der Waals surface area contributed by atoms with Crippen molar-refractivity contribution in [3.8, 4) is 16.9 Å². The third kappa shape index (κ3) is 3.92. The zero-order chi connectivity index (χ0) is 22.1. The Labute approximate surface area is 179 Å². The quantitative estimate of drug-likeness (QED) is 0.596. The predicted molar refractivity (Wildman–Crippen MR) is 116 cm³/mol. The molecule has 0 spiro atoms. The molecule has 0 aliphatic carbocycles. The van der Waals surface area contributed by atoms with E-state index < -0.39 is 6.04 Å². The van der Waals surface area contributed by atoms with Crippen molar-refractivity contribution in [3.63, 3.8) is 0 Å². The summed E-state index contributed by atoms with van der Waals surface area (Å²) in [5.74, 6) is 0.674. The molecule has 1 unspecified atom stereocenters. The van der Waals surface area contributed by atoms with E-state index in [1.807, 2.05) is 31.2 Å². The van der Waals surface area contributed by atoms with Gasteiger partial charge in [0.15, 0.2) is 5.78 Å². The smallest absolute Gasteiger partial charge is 0.251 e. The number of hydrogen-bond donors (Lipinski definition) is 2. The number of Topliss-reactive ketones (excluding diaryl/α,β-unsaturated/α-hetero) is 1. The van der Waals surface area contributed by atoms with Crippen molar-refractivity contribution >= 4 is 29.1 Å². The first kappa shape index (κ1) is 20.3. The van der Waals surface area contributed by atoms with Crippen LogP contribution in [-0.2, 0) is 9.59 Å². The lowest BCUT2D eigenvalue weighted by atomic mass is 10.1. The van der Waals surface area contributed by atoms with Crippen LogP contribution in [0.25, 0.3) is 11.1 Å². The van der Waals surface area contributed by atoms with Gasteiger partial charge in [0.2, 0.25) is 5.91 Å². The summed E-state index contributed by atoms with van der Waals surface area (Å²) < 4.78 is 6.78. The number of aryl methyl sites for hydroxylation is 1. The van der Waals surface area contributed by atoms with Crippen LogP contribution in [0.4, 0.5) is 11.5 Å². The van der Waals surface area contributed by atoms with Gasteiger partial charge >= 0.3 is 0 Å². The van der Waals surface area contributed by atoms with Crippen molar-refractivity contribution in [1.82, 2.24) is 9.78 Å². The maximum atomic E-state index is 12.6. The van der Waals surface area contributed by atoms with Crippen LogP contribution in [0.3, 0.4) is 0 Å². The maximum absolute atomic E-state index is 12.6. The SMILES string of the molecule is COc1ccc(-c2c(C)nn3c2NC(=O)C3CC(=O)Nc2ccc(C(C)=O)cc2)cc1. The minimum atomic E-state index is -0.739. The number of carbonyl (C=O) groups is 3. The molecule has 2 heterocycles. The van der Waals surface area contributed by atoms with Crippen LogP contribution in [0.1, 0.15) is 35.4 Å². The normalized spacial score (nSPS) is 14.7. The van der Waals surface area contributed by atoms with Crippen molar-refractivity contribution < 1.29 is 19.1 Å². The molecule has 1 aromatic heterocycles. The summed E-state index contributed by atoms with van der Waals surface area (Å²) in [6.45, 7) is 3.35. The molecule has 0 radical (unpaired) electrons. The molecule has 0 bridgehead atoms. The third-order valence-electron chi connectivity index (χ3n) is 5.26. The van der Waals surface area contributed by atoms with Gasteiger partial charge in [0.05, 0.1) is 19.2 Å². The number of hydrogen-bond acceptors (Lipinski definition) is 5. The van der Waals surface area contributed by atoms with Crippen molar-refractivity contribution in [2.45, 2.75) is 26.3 Å². The number of amides is 2. The number of carbonyl (C=O) groups excluding carboxylic acids is 3. The first-order chi connectivity index (χ1) is 14.9. The molecule has 1 aliphatic rings. The lowest BCUT2D eigenvalue weighted by Gasteiger charge is -2.10. The number of methoxy groups -OCH3 is 1. The molecule has 3 aromatic rings. The molecule has 31 heavy (non-hydrogen) atoms. The van der Waals surface area contributed by atoms with Crippen LogP contribution in [0, 0.1) is 6.92 Å². The molecule has 2 aromatic carbocycles. The van der Waals surface area contributed by atoms with Crippen molar-refractivity contribution in [2.75, 3.05) is 17.7 Å². The van der Waals surface area contributed by atoms with Crippen molar-refractivity contribution in [2.24, 2.45) is 0 Å². The summed E-state index contributed by atoms with van der Waals surface area (Å²) in [5.41, 5.74) is 3.60. The van der Waals surface area contributed by atoms with Gasteiger partial charge in [0.25, 0.3) is 5.91 Å². The molecule has 0 saturated heterocycles. The summed E-state index contributed by atoms with van der Waals surface area (Å²) in [6.07, 6.45) is -0.0591. The van der Waals surface area contributed by atoms with Gasteiger partial charge in [0, 0.05) is 16.8 Å². The molecular formula is C23H22N4O4. The molecule has 158 valence electrons. The van der Waals surface area contributed by atoms with Crippen LogP contribution in [-0.4, -0.2) is 34.5 Å². The number of fused-ring (bicyclic) bond motifs is 1. The second-order valence-electron chi connectivity index (χ2n) is 7.37. The predicted octanol–water partition coefficient (Wildman–Crippen LogP) is 3.59. The number of nitrogens with one attached hydrogen (secondary N) is 2. The highest BCUT2D eigenvalue weighted by Crippen LogP contribution is 2.38. The standard InChI is InChI=1S/C23H22N4O4/c1-13-21(16-6-10-18(31-3)11-7-16)22-25-23(30)19(27(22)26-13)12-20(29)24-17-8-4-15(5-9-17)14(2)28/h4-11,19H,12H2,1-3H3,(H,24,29)(H,25,30). The second-order valence-corrected chi connectivity index (χ2v) is 7.37. The number of ketones is 1. The van der Waals surface area contributed by atoms with E-state index in [0.29, 0.717) is 17.1 Å². The Hall–Kier alpha value is -3.94. The van der Waals surface area contributed by atoms with Gasteiger partial charge in [-0.25, -0.2) is 4.68 Å². The number of ether oxygens (including phenoxy) is 1. The highest BCUT2D eigenvalue weighted by atomic mass is 16.5. The fourth-order valence-electron chi connectivity index (χ4n) is 3.66. The van der Waals surface area contributed by atoms with Crippen LogP contribution < -0.4 is 15.4 Å². The summed E-state index contributed by atoms with van der Waals surface area (Å²) in [6, 6.07) is 13.4. The average Bonchev–Trinajstić information content (AvgIpc) is 3.22. The summed E-state index contributed by atoms with van der Waals surface area (Å²) in [7, 11) is 1.60. The Morgan fingerprint density at radius 1 is 1.13 bits per heavy atom. The molecule has 1 aliphatic heterocycles. The minimum Gasteiger partial charge on any atom is -0.497 e. The molecule has 2 N–H and O–H groups in total. The Kier molecular flexibility index (Phi) is 5.29. The Morgan fingerprint density at radius 2 is 1.81 bits per heavy atom.